The van der Waals surface area contributed by atoms with Crippen LogP contribution in [-0.4, -0.2) is 31.1 Å². The summed E-state index contributed by atoms with van der Waals surface area (Å²) in [5.41, 5.74) is 0.418. The van der Waals surface area contributed by atoms with Crippen molar-refractivity contribution in [2.75, 3.05) is 13.2 Å². The van der Waals surface area contributed by atoms with Gasteiger partial charge < -0.3 is 20.1 Å². The number of benzene rings is 1. The van der Waals surface area contributed by atoms with Crippen molar-refractivity contribution in [2.24, 2.45) is 5.92 Å². The molecule has 2 atom stereocenters. The number of nitrogens with one attached hydrogen (secondary N) is 2. The van der Waals surface area contributed by atoms with E-state index in [4.69, 9.17) is 4.74 Å². The van der Waals surface area contributed by atoms with Crippen LogP contribution in [0.5, 0.6) is 5.75 Å². The van der Waals surface area contributed by atoms with Gasteiger partial charge in [-0.05, 0) is 44.9 Å². The number of amides is 2. The number of halogens is 3. The Hall–Kier alpha value is -1.96. The van der Waals surface area contributed by atoms with Crippen LogP contribution >= 0.6 is 0 Å². The van der Waals surface area contributed by atoms with Gasteiger partial charge in [-0.1, -0.05) is 12.1 Å². The van der Waals surface area contributed by atoms with Crippen molar-refractivity contribution in [3.05, 3.63) is 29.8 Å². The average molecular weight is 360 g/mol. The summed E-state index contributed by atoms with van der Waals surface area (Å²) in [5.74, 6) is -0.0521. The molecule has 1 aliphatic rings. The first-order valence-corrected chi connectivity index (χ1v) is 8.11. The summed E-state index contributed by atoms with van der Waals surface area (Å²) >= 11 is 0. The molecule has 1 saturated heterocycles. The molecule has 1 aromatic rings. The molecule has 2 rings (SSSR count). The predicted octanol–water partition coefficient (Wildman–Crippen LogP) is 3.76. The first-order chi connectivity index (χ1) is 11.6. The smallest absolute Gasteiger partial charge is 0.406 e. The molecule has 1 aromatic carbocycles. The molecular formula is C17H23F3N2O3. The van der Waals surface area contributed by atoms with E-state index in [2.05, 4.69) is 15.4 Å². The quantitative estimate of drug-likeness (QED) is 0.841. The van der Waals surface area contributed by atoms with Gasteiger partial charge in [0.05, 0.1) is 11.6 Å². The van der Waals surface area contributed by atoms with E-state index in [1.807, 2.05) is 13.8 Å². The molecule has 2 N–H and O–H groups in total. The maximum atomic E-state index is 12.1. The Balaban J connectivity index is 1.82. The lowest BCUT2D eigenvalue weighted by atomic mass is 9.91. The van der Waals surface area contributed by atoms with Gasteiger partial charge >= 0.3 is 12.4 Å². The summed E-state index contributed by atoms with van der Waals surface area (Å²) in [5, 5.41) is 5.58. The lowest BCUT2D eigenvalue weighted by Gasteiger charge is -2.26. The minimum Gasteiger partial charge on any atom is -0.406 e. The van der Waals surface area contributed by atoms with Gasteiger partial charge in [0.1, 0.15) is 5.75 Å². The number of rotatable bonds is 5. The number of urea groups is 1. The molecule has 8 heteroatoms. The lowest BCUT2D eigenvalue weighted by Crippen LogP contribution is -2.42. The number of ether oxygens (including phenoxy) is 2. The zero-order chi connectivity index (χ0) is 18.7. The highest BCUT2D eigenvalue weighted by molar-refractivity contribution is 5.74. The monoisotopic (exact) mass is 360 g/mol. The van der Waals surface area contributed by atoms with Crippen molar-refractivity contribution in [1.82, 2.24) is 10.6 Å². The van der Waals surface area contributed by atoms with Gasteiger partial charge in [-0.2, -0.15) is 0 Å². The fourth-order valence-corrected chi connectivity index (χ4v) is 2.78. The summed E-state index contributed by atoms with van der Waals surface area (Å²) in [4.78, 5) is 12.0. The Morgan fingerprint density at radius 2 is 2.00 bits per heavy atom. The van der Waals surface area contributed by atoms with Crippen LogP contribution in [0.2, 0.25) is 0 Å². The third-order valence-corrected chi connectivity index (χ3v) is 4.39. The van der Waals surface area contributed by atoms with Crippen molar-refractivity contribution < 1.29 is 27.4 Å². The van der Waals surface area contributed by atoms with Crippen molar-refractivity contribution >= 4 is 6.03 Å². The maximum absolute atomic E-state index is 12.1. The molecule has 1 heterocycles. The van der Waals surface area contributed by atoms with Gasteiger partial charge in [-0.25, -0.2) is 4.79 Å². The van der Waals surface area contributed by atoms with Crippen LogP contribution in [-0.2, 0) is 4.74 Å². The molecule has 2 unspecified atom stereocenters. The maximum Gasteiger partial charge on any atom is 0.573 e. The van der Waals surface area contributed by atoms with Crippen LogP contribution in [0, 0.1) is 5.92 Å². The SMILES string of the molecule is CC(NC(=O)NCC1CCOC1(C)C)c1ccc(OC(F)(F)F)cc1. The van der Waals surface area contributed by atoms with Gasteiger partial charge in [0.15, 0.2) is 0 Å². The Morgan fingerprint density at radius 3 is 2.52 bits per heavy atom. The molecule has 25 heavy (non-hydrogen) atoms. The highest BCUT2D eigenvalue weighted by Gasteiger charge is 2.35. The molecule has 0 aliphatic carbocycles. The number of carbonyl (C=O) groups is 1. The van der Waals surface area contributed by atoms with Gasteiger partial charge in [0, 0.05) is 19.1 Å². The summed E-state index contributed by atoms with van der Waals surface area (Å²) in [7, 11) is 0. The lowest BCUT2D eigenvalue weighted by molar-refractivity contribution is -0.274. The topological polar surface area (TPSA) is 59.6 Å². The zero-order valence-electron chi connectivity index (χ0n) is 14.4. The Kier molecular flexibility index (Phi) is 5.82. The standard InChI is InChI=1S/C17H23F3N2O3/c1-11(12-4-6-14(7-5-12)25-17(18,19)20)22-15(23)21-10-13-8-9-24-16(13,2)3/h4-7,11,13H,8-10H2,1-3H3,(H2,21,22,23). The van der Waals surface area contributed by atoms with Crippen LogP contribution in [0.3, 0.4) is 0 Å². The number of hydrogen-bond acceptors (Lipinski definition) is 3. The van der Waals surface area contributed by atoms with E-state index in [-0.39, 0.29) is 29.3 Å². The molecule has 0 spiro atoms. The van der Waals surface area contributed by atoms with Gasteiger partial charge in [0.2, 0.25) is 0 Å². The normalized spacial score (nSPS) is 20.8. The van der Waals surface area contributed by atoms with Crippen LogP contribution in [0.25, 0.3) is 0 Å². The first-order valence-electron chi connectivity index (χ1n) is 8.11. The van der Waals surface area contributed by atoms with Crippen LogP contribution in [0.1, 0.15) is 38.8 Å². The minimum absolute atomic E-state index is 0.243. The zero-order valence-corrected chi connectivity index (χ0v) is 14.4. The van der Waals surface area contributed by atoms with Crippen molar-refractivity contribution in [1.29, 1.82) is 0 Å². The van der Waals surface area contributed by atoms with E-state index >= 15 is 0 Å². The average Bonchev–Trinajstić information content (AvgIpc) is 2.82. The first kappa shape index (κ1) is 19.4. The highest BCUT2D eigenvalue weighted by atomic mass is 19.4. The molecular weight excluding hydrogens is 337 g/mol. The van der Waals surface area contributed by atoms with E-state index in [9.17, 15) is 18.0 Å². The molecule has 0 bridgehead atoms. The molecule has 0 aromatic heterocycles. The molecule has 0 saturated carbocycles. The summed E-state index contributed by atoms with van der Waals surface area (Å²) in [6.45, 7) is 6.93. The largest absolute Gasteiger partial charge is 0.573 e. The van der Waals surface area contributed by atoms with Gasteiger partial charge in [-0.15, -0.1) is 13.2 Å². The number of alkyl halides is 3. The molecule has 0 radical (unpaired) electrons. The van der Waals surface area contributed by atoms with Gasteiger partial charge in [-0.3, -0.25) is 0 Å². The van der Waals surface area contributed by atoms with E-state index in [1.54, 1.807) is 6.92 Å². The fourth-order valence-electron chi connectivity index (χ4n) is 2.78. The second-order valence-corrected chi connectivity index (χ2v) is 6.63. The Morgan fingerprint density at radius 1 is 1.36 bits per heavy atom. The fraction of sp³-hybridized carbons (Fsp3) is 0.588. The number of hydrogen-bond donors (Lipinski definition) is 2. The summed E-state index contributed by atoms with van der Waals surface area (Å²) in [6, 6.07) is 4.73. The molecule has 1 aliphatic heterocycles. The Labute approximate surface area is 144 Å². The van der Waals surface area contributed by atoms with Gasteiger partial charge in [0.25, 0.3) is 0 Å². The molecule has 2 amide bonds. The number of carbonyl (C=O) groups excluding carboxylic acids is 1. The van der Waals surface area contributed by atoms with Crippen LogP contribution in [0.15, 0.2) is 24.3 Å². The van der Waals surface area contributed by atoms with Crippen molar-refractivity contribution in [2.45, 2.75) is 45.2 Å². The van der Waals surface area contributed by atoms with Crippen molar-refractivity contribution in [3.8, 4) is 5.75 Å². The molecule has 140 valence electrons. The van der Waals surface area contributed by atoms with Crippen LogP contribution in [0.4, 0.5) is 18.0 Å². The predicted molar refractivity (Wildman–Crippen MR) is 86.2 cm³/mol. The third-order valence-electron chi connectivity index (χ3n) is 4.39. The van der Waals surface area contributed by atoms with E-state index in [0.29, 0.717) is 18.7 Å². The van der Waals surface area contributed by atoms with E-state index in [0.717, 1.165) is 6.42 Å². The second-order valence-electron chi connectivity index (χ2n) is 6.63. The molecule has 1 fully saturated rings. The van der Waals surface area contributed by atoms with Crippen molar-refractivity contribution in [3.63, 3.8) is 0 Å². The Bertz CT molecular complexity index is 588. The third kappa shape index (κ3) is 5.81. The second kappa shape index (κ2) is 7.51. The molecule has 5 nitrogen and oxygen atoms in total. The summed E-state index contributed by atoms with van der Waals surface area (Å²) in [6.07, 6.45) is -3.83. The minimum atomic E-state index is -4.72. The van der Waals surface area contributed by atoms with E-state index < -0.39 is 6.36 Å². The van der Waals surface area contributed by atoms with E-state index in [1.165, 1.54) is 24.3 Å². The van der Waals surface area contributed by atoms with Crippen LogP contribution < -0.4 is 15.4 Å². The highest BCUT2D eigenvalue weighted by Crippen LogP contribution is 2.30. The summed E-state index contributed by atoms with van der Waals surface area (Å²) < 4.78 is 45.9.